The highest BCUT2D eigenvalue weighted by molar-refractivity contribution is 6.01. The minimum absolute atomic E-state index is 0.0115. The maximum absolute atomic E-state index is 13.2. The zero-order valence-corrected chi connectivity index (χ0v) is 18.9. The van der Waals surface area contributed by atoms with Crippen LogP contribution in [0.25, 0.3) is 10.8 Å². The summed E-state index contributed by atoms with van der Waals surface area (Å²) in [5.41, 5.74) is 9.13. The molecular formula is C27H33N3O. The van der Waals surface area contributed by atoms with Gasteiger partial charge in [0.15, 0.2) is 0 Å². The van der Waals surface area contributed by atoms with Crippen molar-refractivity contribution in [3.63, 3.8) is 0 Å². The van der Waals surface area contributed by atoms with Gasteiger partial charge in [0.05, 0.1) is 0 Å². The van der Waals surface area contributed by atoms with Gasteiger partial charge in [0.25, 0.3) is 5.91 Å². The third-order valence-corrected chi connectivity index (χ3v) is 6.36. The van der Waals surface area contributed by atoms with Crippen molar-refractivity contribution >= 4 is 22.4 Å². The summed E-state index contributed by atoms with van der Waals surface area (Å²) in [6.45, 7) is 10.00. The fourth-order valence-corrected chi connectivity index (χ4v) is 4.72. The number of anilines is 1. The molecule has 3 aromatic rings. The molecule has 4 nitrogen and oxygen atoms in total. The average molecular weight is 416 g/mol. The molecule has 0 aliphatic carbocycles. The fourth-order valence-electron chi connectivity index (χ4n) is 4.72. The van der Waals surface area contributed by atoms with Crippen molar-refractivity contribution in [1.29, 1.82) is 0 Å². The fraction of sp³-hybridized carbons (Fsp3) is 0.370. The van der Waals surface area contributed by atoms with Crippen LogP contribution < -0.4 is 10.3 Å². The molecule has 1 fully saturated rings. The lowest BCUT2D eigenvalue weighted by Gasteiger charge is -2.37. The van der Waals surface area contributed by atoms with Gasteiger partial charge < -0.3 is 4.90 Å². The number of benzene rings is 3. The molecule has 162 valence electrons. The Hall–Kier alpha value is -2.85. The first-order chi connectivity index (χ1) is 15.1. The number of fused-ring (bicyclic) bond motifs is 1. The Bertz CT molecular complexity index is 1050. The zero-order valence-electron chi connectivity index (χ0n) is 18.9. The van der Waals surface area contributed by atoms with E-state index in [-0.39, 0.29) is 5.91 Å². The molecule has 31 heavy (non-hydrogen) atoms. The van der Waals surface area contributed by atoms with Crippen molar-refractivity contribution in [3.05, 3.63) is 76.9 Å². The molecular weight excluding hydrogens is 382 g/mol. The molecule has 0 aromatic heterocycles. The number of hydrazine groups is 1. The molecule has 1 aliphatic heterocycles. The summed E-state index contributed by atoms with van der Waals surface area (Å²) in [5.74, 6) is 0.0115. The van der Waals surface area contributed by atoms with Crippen LogP contribution in [0.4, 0.5) is 5.69 Å². The molecule has 4 heteroatoms. The van der Waals surface area contributed by atoms with Crippen molar-refractivity contribution in [2.45, 2.75) is 40.0 Å². The van der Waals surface area contributed by atoms with Crippen LogP contribution in [-0.2, 0) is 6.42 Å². The Balaban J connectivity index is 1.47. The number of aryl methyl sites for hydroxylation is 3. The topological polar surface area (TPSA) is 35.6 Å². The molecule has 4 rings (SSSR count). The molecule has 0 unspecified atom stereocenters. The van der Waals surface area contributed by atoms with E-state index in [2.05, 4.69) is 84.6 Å². The Labute approximate surface area is 185 Å². The van der Waals surface area contributed by atoms with E-state index in [0.29, 0.717) is 0 Å². The average Bonchev–Trinajstić information content (AvgIpc) is 2.78. The number of carbonyl (C=O) groups is 1. The van der Waals surface area contributed by atoms with Gasteiger partial charge in [0, 0.05) is 37.4 Å². The van der Waals surface area contributed by atoms with E-state index in [1.54, 1.807) is 0 Å². The first-order valence-electron chi connectivity index (χ1n) is 11.5. The van der Waals surface area contributed by atoms with Crippen molar-refractivity contribution in [2.75, 3.05) is 31.1 Å². The number of nitrogens with zero attached hydrogens (tertiary/aromatic N) is 2. The third-order valence-electron chi connectivity index (χ3n) is 6.36. The van der Waals surface area contributed by atoms with Gasteiger partial charge in [-0.15, -0.1) is 0 Å². The number of nitrogens with one attached hydrogen (secondary N) is 1. The Morgan fingerprint density at radius 2 is 1.61 bits per heavy atom. The van der Waals surface area contributed by atoms with Crippen LogP contribution >= 0.6 is 0 Å². The summed E-state index contributed by atoms with van der Waals surface area (Å²) >= 11 is 0. The first-order valence-corrected chi connectivity index (χ1v) is 11.5. The molecule has 0 bridgehead atoms. The highest BCUT2D eigenvalue weighted by Crippen LogP contribution is 2.26. The van der Waals surface area contributed by atoms with E-state index in [1.807, 2.05) is 6.07 Å². The molecule has 0 saturated carbocycles. The largest absolute Gasteiger partial charge is 0.368 e. The smallest absolute Gasteiger partial charge is 0.265 e. The SMILES string of the molecule is CCCCc1c(C(=O)NN2CCN(c3c(C)cccc3C)CC2)ccc2ccccc12. The number of hydrogen-bond donors (Lipinski definition) is 1. The maximum atomic E-state index is 13.2. The lowest BCUT2D eigenvalue weighted by molar-refractivity contribution is 0.0776. The highest BCUT2D eigenvalue weighted by Gasteiger charge is 2.22. The molecule has 0 spiro atoms. The van der Waals surface area contributed by atoms with E-state index < -0.39 is 0 Å². The summed E-state index contributed by atoms with van der Waals surface area (Å²) in [6.07, 6.45) is 3.13. The second-order valence-electron chi connectivity index (χ2n) is 8.57. The molecule has 0 atom stereocenters. The van der Waals surface area contributed by atoms with Crippen molar-refractivity contribution < 1.29 is 4.79 Å². The maximum Gasteiger partial charge on any atom is 0.265 e. The number of unbranched alkanes of at least 4 members (excludes halogenated alkanes) is 1. The lowest BCUT2D eigenvalue weighted by atomic mass is 9.94. The summed E-state index contributed by atoms with van der Waals surface area (Å²) < 4.78 is 0. The van der Waals surface area contributed by atoms with Gasteiger partial charge >= 0.3 is 0 Å². The second-order valence-corrected chi connectivity index (χ2v) is 8.57. The molecule has 3 aromatic carbocycles. The van der Waals surface area contributed by atoms with Crippen LogP contribution in [0.3, 0.4) is 0 Å². The van der Waals surface area contributed by atoms with Crippen LogP contribution in [0.2, 0.25) is 0 Å². The predicted octanol–water partition coefficient (Wildman–Crippen LogP) is 5.27. The quantitative estimate of drug-likeness (QED) is 0.596. The number of para-hydroxylation sites is 1. The predicted molar refractivity (Wildman–Crippen MR) is 130 cm³/mol. The summed E-state index contributed by atoms with van der Waals surface area (Å²) in [7, 11) is 0. The van der Waals surface area contributed by atoms with Crippen molar-refractivity contribution in [1.82, 2.24) is 10.4 Å². The van der Waals surface area contributed by atoms with Crippen LogP contribution in [0, 0.1) is 13.8 Å². The molecule has 1 aliphatic rings. The van der Waals surface area contributed by atoms with Crippen LogP contribution in [0.5, 0.6) is 0 Å². The minimum Gasteiger partial charge on any atom is -0.368 e. The molecule has 1 heterocycles. The summed E-state index contributed by atoms with van der Waals surface area (Å²) in [5, 5.41) is 4.47. The van der Waals surface area contributed by atoms with Gasteiger partial charge in [0.2, 0.25) is 0 Å². The van der Waals surface area contributed by atoms with Crippen molar-refractivity contribution in [3.8, 4) is 0 Å². The van der Waals surface area contributed by atoms with Gasteiger partial charge in [-0.2, -0.15) is 0 Å². The standard InChI is InChI=1S/C27H33N3O/c1-4-5-12-24-23-13-7-6-11-22(23)14-15-25(24)27(31)28-30-18-16-29(17-19-30)26-20(2)9-8-10-21(26)3/h6-11,13-15H,4-5,12,16-19H2,1-3H3,(H,28,31). The summed E-state index contributed by atoms with van der Waals surface area (Å²) in [4.78, 5) is 15.7. The molecule has 0 radical (unpaired) electrons. The van der Waals surface area contributed by atoms with Crippen LogP contribution in [0.15, 0.2) is 54.6 Å². The van der Waals surface area contributed by atoms with Gasteiger partial charge in [-0.3, -0.25) is 10.2 Å². The second kappa shape index (κ2) is 9.52. The Kier molecular flexibility index (Phi) is 6.57. The molecule has 1 amide bonds. The number of hydrogen-bond acceptors (Lipinski definition) is 3. The first kappa shape index (κ1) is 21.4. The molecule has 1 saturated heterocycles. The van der Waals surface area contributed by atoms with Gasteiger partial charge in [-0.1, -0.05) is 61.9 Å². The monoisotopic (exact) mass is 415 g/mol. The normalized spacial score (nSPS) is 14.7. The Morgan fingerprint density at radius 3 is 2.32 bits per heavy atom. The Morgan fingerprint density at radius 1 is 0.903 bits per heavy atom. The summed E-state index contributed by atoms with van der Waals surface area (Å²) in [6, 6.07) is 18.9. The van der Waals surface area contributed by atoms with Crippen LogP contribution in [0.1, 0.15) is 46.8 Å². The van der Waals surface area contributed by atoms with E-state index >= 15 is 0 Å². The van der Waals surface area contributed by atoms with E-state index in [0.717, 1.165) is 51.0 Å². The zero-order chi connectivity index (χ0) is 21.8. The van der Waals surface area contributed by atoms with E-state index in [9.17, 15) is 4.79 Å². The number of amides is 1. The lowest BCUT2D eigenvalue weighted by Crippen LogP contribution is -2.54. The van der Waals surface area contributed by atoms with E-state index in [1.165, 1.54) is 33.2 Å². The van der Waals surface area contributed by atoms with Gasteiger partial charge in [0.1, 0.15) is 0 Å². The van der Waals surface area contributed by atoms with Crippen LogP contribution in [-0.4, -0.2) is 37.1 Å². The van der Waals surface area contributed by atoms with Gasteiger partial charge in [-0.25, -0.2) is 5.01 Å². The third kappa shape index (κ3) is 4.59. The number of piperazine rings is 1. The highest BCUT2D eigenvalue weighted by atomic mass is 16.2. The number of carbonyl (C=O) groups excluding carboxylic acids is 1. The van der Waals surface area contributed by atoms with E-state index in [4.69, 9.17) is 0 Å². The van der Waals surface area contributed by atoms with Gasteiger partial charge in [-0.05, 0) is 60.2 Å². The molecule has 1 N–H and O–H groups in total. The minimum atomic E-state index is 0.0115. The number of rotatable bonds is 6. The van der Waals surface area contributed by atoms with Crippen molar-refractivity contribution in [2.24, 2.45) is 0 Å².